The summed E-state index contributed by atoms with van der Waals surface area (Å²) in [4.78, 5) is 27.4. The number of nitrogens with zero attached hydrogens (tertiary/aromatic N) is 2. The Morgan fingerprint density at radius 1 is 1.23 bits per heavy atom. The smallest absolute Gasteiger partial charge is 0.265 e. The van der Waals surface area contributed by atoms with Crippen LogP contribution in [0.15, 0.2) is 48.5 Å². The summed E-state index contributed by atoms with van der Waals surface area (Å²) >= 11 is 0. The molecule has 2 aromatic carbocycles. The number of halogens is 1. The summed E-state index contributed by atoms with van der Waals surface area (Å²) in [7, 11) is 1.61. The number of anilines is 1. The van der Waals surface area contributed by atoms with Crippen molar-refractivity contribution in [2.45, 2.75) is 0 Å². The highest BCUT2D eigenvalue weighted by Gasteiger charge is 2.27. The first-order valence-electron chi connectivity index (χ1n) is 8.20. The van der Waals surface area contributed by atoms with Gasteiger partial charge in [0.25, 0.3) is 5.91 Å². The van der Waals surface area contributed by atoms with E-state index in [1.54, 1.807) is 43.4 Å². The van der Waals surface area contributed by atoms with E-state index in [0.29, 0.717) is 11.4 Å². The average molecular weight is 358 g/mol. The molecule has 0 radical (unpaired) electrons. The molecule has 0 spiro atoms. The zero-order chi connectivity index (χ0) is 18.5. The van der Waals surface area contributed by atoms with Gasteiger partial charge in [-0.1, -0.05) is 24.3 Å². The lowest BCUT2D eigenvalue weighted by molar-refractivity contribution is -0.131. The van der Waals surface area contributed by atoms with Gasteiger partial charge >= 0.3 is 0 Å². The highest BCUT2D eigenvalue weighted by atomic mass is 19.1. The third-order valence-electron chi connectivity index (χ3n) is 4.05. The van der Waals surface area contributed by atoms with E-state index >= 15 is 0 Å². The van der Waals surface area contributed by atoms with E-state index in [2.05, 4.69) is 0 Å². The van der Waals surface area contributed by atoms with Crippen molar-refractivity contribution in [2.24, 2.45) is 0 Å². The minimum Gasteiger partial charge on any atom is -0.489 e. The number of rotatable bonds is 6. The molecular weight excluding hydrogens is 339 g/mol. The van der Waals surface area contributed by atoms with Gasteiger partial charge in [0.05, 0.1) is 12.2 Å². The van der Waals surface area contributed by atoms with Crippen LogP contribution in [0.1, 0.15) is 0 Å². The fourth-order valence-corrected chi connectivity index (χ4v) is 2.56. The summed E-state index contributed by atoms with van der Waals surface area (Å²) in [6.45, 7) is 0.240. The molecular formula is C19H19FN2O4. The van der Waals surface area contributed by atoms with Gasteiger partial charge < -0.3 is 14.4 Å². The van der Waals surface area contributed by atoms with Crippen LogP contribution in [-0.2, 0) is 9.59 Å². The van der Waals surface area contributed by atoms with Crippen LogP contribution >= 0.6 is 0 Å². The number of carbonyl (C=O) groups excluding carboxylic acids is 2. The van der Waals surface area contributed by atoms with Crippen LogP contribution in [0.2, 0.25) is 0 Å². The van der Waals surface area contributed by atoms with E-state index in [0.717, 1.165) is 0 Å². The van der Waals surface area contributed by atoms with Crippen LogP contribution in [0.4, 0.5) is 10.1 Å². The van der Waals surface area contributed by atoms with Crippen molar-refractivity contribution in [2.75, 3.05) is 38.3 Å². The Bertz CT molecular complexity index is 812. The largest absolute Gasteiger partial charge is 0.489 e. The van der Waals surface area contributed by atoms with E-state index in [1.807, 2.05) is 0 Å². The second-order valence-electron chi connectivity index (χ2n) is 5.83. The molecule has 2 amide bonds. The zero-order valence-corrected chi connectivity index (χ0v) is 14.4. The summed E-state index contributed by atoms with van der Waals surface area (Å²) in [6, 6.07) is 13.2. The SMILES string of the molecule is CN(CCOc1ccccc1F)C(=O)CN1C(=O)COc2ccccc21. The quantitative estimate of drug-likeness (QED) is 0.793. The predicted octanol–water partition coefficient (Wildman–Crippen LogP) is 2.09. The molecule has 0 atom stereocenters. The average Bonchev–Trinajstić information content (AvgIpc) is 2.65. The van der Waals surface area contributed by atoms with Crippen LogP contribution in [0, 0.1) is 5.82 Å². The summed E-state index contributed by atoms with van der Waals surface area (Å²) < 4.78 is 24.2. The van der Waals surface area contributed by atoms with E-state index < -0.39 is 5.82 Å². The molecule has 0 saturated carbocycles. The van der Waals surface area contributed by atoms with E-state index in [9.17, 15) is 14.0 Å². The highest BCUT2D eigenvalue weighted by Crippen LogP contribution is 2.31. The van der Waals surface area contributed by atoms with E-state index in [-0.39, 0.29) is 43.9 Å². The Labute approximate surface area is 150 Å². The summed E-state index contributed by atoms with van der Waals surface area (Å²) in [5, 5.41) is 0. The van der Waals surface area contributed by atoms with Crippen LogP contribution < -0.4 is 14.4 Å². The molecule has 0 aromatic heterocycles. The lowest BCUT2D eigenvalue weighted by atomic mass is 10.2. The van der Waals surface area contributed by atoms with Gasteiger partial charge in [-0.3, -0.25) is 14.5 Å². The number of hydrogen-bond acceptors (Lipinski definition) is 4. The Kier molecular flexibility index (Phi) is 5.36. The number of likely N-dealkylation sites (N-methyl/N-ethyl adjacent to an activating group) is 1. The first kappa shape index (κ1) is 17.7. The number of carbonyl (C=O) groups is 2. The Morgan fingerprint density at radius 3 is 2.77 bits per heavy atom. The van der Waals surface area contributed by atoms with Crippen molar-refractivity contribution in [3.05, 3.63) is 54.3 Å². The molecule has 6 nitrogen and oxygen atoms in total. The Hall–Kier alpha value is -3.09. The van der Waals surface area contributed by atoms with Crippen molar-refractivity contribution >= 4 is 17.5 Å². The second-order valence-corrected chi connectivity index (χ2v) is 5.83. The minimum atomic E-state index is -0.447. The number of ether oxygens (including phenoxy) is 2. The highest BCUT2D eigenvalue weighted by molar-refractivity contribution is 6.02. The van der Waals surface area contributed by atoms with Gasteiger partial charge in [0.1, 0.15) is 18.9 Å². The molecule has 1 heterocycles. The van der Waals surface area contributed by atoms with Crippen LogP contribution in [0.5, 0.6) is 11.5 Å². The number of para-hydroxylation sites is 3. The monoisotopic (exact) mass is 358 g/mol. The molecule has 0 fully saturated rings. The van der Waals surface area contributed by atoms with Gasteiger partial charge in [-0.25, -0.2) is 4.39 Å². The molecule has 1 aliphatic heterocycles. The third kappa shape index (κ3) is 3.93. The van der Waals surface area contributed by atoms with Crippen molar-refractivity contribution in [1.29, 1.82) is 0 Å². The topological polar surface area (TPSA) is 59.1 Å². The standard InChI is InChI=1S/C19H19FN2O4/c1-21(10-11-25-16-8-4-2-6-14(16)20)18(23)12-22-15-7-3-5-9-17(15)26-13-19(22)24/h2-9H,10-13H2,1H3. The number of benzene rings is 2. The van der Waals surface area contributed by atoms with Gasteiger partial charge in [0.15, 0.2) is 18.2 Å². The summed E-state index contributed by atoms with van der Waals surface area (Å²) in [5.41, 5.74) is 0.577. The van der Waals surface area contributed by atoms with Crippen LogP contribution in [-0.4, -0.2) is 50.1 Å². The van der Waals surface area contributed by atoms with Crippen LogP contribution in [0.3, 0.4) is 0 Å². The minimum absolute atomic E-state index is 0.0879. The predicted molar refractivity (Wildman–Crippen MR) is 93.8 cm³/mol. The van der Waals surface area contributed by atoms with Crippen molar-refractivity contribution in [3.63, 3.8) is 0 Å². The number of amides is 2. The van der Waals surface area contributed by atoms with Gasteiger partial charge in [-0.2, -0.15) is 0 Å². The molecule has 0 N–H and O–H groups in total. The Morgan fingerprint density at radius 2 is 1.96 bits per heavy atom. The number of hydrogen-bond donors (Lipinski definition) is 0. The Balaban J connectivity index is 1.56. The van der Waals surface area contributed by atoms with E-state index in [4.69, 9.17) is 9.47 Å². The van der Waals surface area contributed by atoms with Gasteiger partial charge in [-0.15, -0.1) is 0 Å². The fourth-order valence-electron chi connectivity index (χ4n) is 2.56. The maximum absolute atomic E-state index is 13.5. The number of fused-ring (bicyclic) bond motifs is 1. The molecule has 136 valence electrons. The normalized spacial score (nSPS) is 13.0. The fraction of sp³-hybridized carbons (Fsp3) is 0.263. The van der Waals surface area contributed by atoms with Crippen molar-refractivity contribution in [3.8, 4) is 11.5 Å². The maximum atomic E-state index is 13.5. The second kappa shape index (κ2) is 7.86. The molecule has 0 unspecified atom stereocenters. The first-order chi connectivity index (χ1) is 12.6. The molecule has 7 heteroatoms. The zero-order valence-electron chi connectivity index (χ0n) is 14.4. The summed E-state index contributed by atoms with van der Waals surface area (Å²) in [6.07, 6.45) is 0. The molecule has 0 bridgehead atoms. The maximum Gasteiger partial charge on any atom is 0.265 e. The molecule has 2 aromatic rings. The molecule has 1 aliphatic rings. The van der Waals surface area contributed by atoms with E-state index in [1.165, 1.54) is 21.9 Å². The van der Waals surface area contributed by atoms with Gasteiger partial charge in [0, 0.05) is 7.05 Å². The third-order valence-corrected chi connectivity index (χ3v) is 4.05. The van der Waals surface area contributed by atoms with Crippen molar-refractivity contribution in [1.82, 2.24) is 4.90 Å². The molecule has 26 heavy (non-hydrogen) atoms. The molecule has 0 aliphatic carbocycles. The molecule has 3 rings (SSSR count). The van der Waals surface area contributed by atoms with Gasteiger partial charge in [-0.05, 0) is 24.3 Å². The van der Waals surface area contributed by atoms with Crippen LogP contribution in [0.25, 0.3) is 0 Å². The summed E-state index contributed by atoms with van der Waals surface area (Å²) in [5.74, 6) is -0.242. The first-order valence-corrected chi connectivity index (χ1v) is 8.20. The molecule has 0 saturated heterocycles. The van der Waals surface area contributed by atoms with Crippen molar-refractivity contribution < 1.29 is 23.5 Å². The van der Waals surface area contributed by atoms with Gasteiger partial charge in [0.2, 0.25) is 5.91 Å². The lowest BCUT2D eigenvalue weighted by Crippen LogP contribution is -2.46. The lowest BCUT2D eigenvalue weighted by Gasteiger charge is -2.30.